The Morgan fingerprint density at radius 1 is 0.960 bits per heavy atom. The molecule has 0 aromatic carbocycles. The summed E-state index contributed by atoms with van der Waals surface area (Å²) >= 11 is 7.89. The van der Waals surface area contributed by atoms with Crippen LogP contribution >= 0.6 is 25.3 Å². The SMILES string of the molecule is CC1=C(C2=C(c3cc(S)oc3C)C(F)(F)C(F)(F)C2(F)F)C=C(S)[Si]1. The maximum Gasteiger partial charge on any atom is 0.380 e. The Morgan fingerprint density at radius 2 is 1.52 bits per heavy atom. The summed E-state index contributed by atoms with van der Waals surface area (Å²) < 4.78 is 91.3. The van der Waals surface area contributed by atoms with Crippen LogP contribution in [0.25, 0.3) is 5.57 Å². The van der Waals surface area contributed by atoms with Crippen molar-refractivity contribution >= 4 is 40.4 Å². The molecule has 0 N–H and O–H groups in total. The molecule has 1 nitrogen and oxygen atoms in total. The van der Waals surface area contributed by atoms with E-state index in [-0.39, 0.29) is 31.1 Å². The van der Waals surface area contributed by atoms with Crippen molar-refractivity contribution in [2.24, 2.45) is 0 Å². The average molecular weight is 412 g/mol. The third kappa shape index (κ3) is 2.40. The first-order valence-corrected chi connectivity index (χ1v) is 8.79. The summed E-state index contributed by atoms with van der Waals surface area (Å²) in [5.41, 5.74) is -3.65. The van der Waals surface area contributed by atoms with Crippen LogP contribution in [0.1, 0.15) is 18.2 Å². The molecule has 1 aromatic rings. The molecule has 134 valence electrons. The van der Waals surface area contributed by atoms with Crippen LogP contribution < -0.4 is 0 Å². The van der Waals surface area contributed by atoms with Crippen LogP contribution in [-0.4, -0.2) is 27.3 Å². The molecule has 1 aliphatic carbocycles. The zero-order chi connectivity index (χ0) is 18.9. The number of alkyl halides is 6. The van der Waals surface area contributed by atoms with Gasteiger partial charge in [0.25, 0.3) is 0 Å². The van der Waals surface area contributed by atoms with E-state index >= 15 is 0 Å². The lowest BCUT2D eigenvalue weighted by atomic mass is 9.95. The highest BCUT2D eigenvalue weighted by atomic mass is 32.1. The summed E-state index contributed by atoms with van der Waals surface area (Å²) in [6, 6.07) is 0.942. The number of furan rings is 1. The molecule has 0 saturated heterocycles. The zero-order valence-corrected chi connectivity index (χ0v) is 15.5. The van der Waals surface area contributed by atoms with Gasteiger partial charge in [0, 0.05) is 16.7 Å². The topological polar surface area (TPSA) is 13.1 Å². The molecule has 0 fully saturated rings. The number of rotatable bonds is 2. The second-order valence-corrected chi connectivity index (χ2v) is 8.60. The van der Waals surface area contributed by atoms with Crippen LogP contribution in [0, 0.1) is 6.92 Å². The van der Waals surface area contributed by atoms with E-state index in [1.54, 1.807) is 0 Å². The standard InChI is InChI=1S/C15H10F6OS2Si/c1-5-7(3-9(23)22-5)11-12(8-4-10(24)25-6(8)2)14(18,19)15(20,21)13(11,16)17/h3-4,23-24H,1-2H3. The van der Waals surface area contributed by atoms with Crippen molar-refractivity contribution < 1.29 is 30.8 Å². The Hall–Kier alpha value is -1.00. The van der Waals surface area contributed by atoms with Crippen molar-refractivity contribution in [3.8, 4) is 0 Å². The molecule has 0 saturated carbocycles. The molecule has 2 aliphatic rings. The largest absolute Gasteiger partial charge is 0.455 e. The number of aryl methyl sites for hydroxylation is 1. The van der Waals surface area contributed by atoms with Gasteiger partial charge >= 0.3 is 17.8 Å². The third-order valence-corrected chi connectivity index (χ3v) is 5.84. The quantitative estimate of drug-likeness (QED) is 0.381. The molecule has 0 atom stereocenters. The minimum Gasteiger partial charge on any atom is -0.455 e. The first kappa shape index (κ1) is 18.8. The summed E-state index contributed by atoms with van der Waals surface area (Å²) in [4.78, 5) is 0. The van der Waals surface area contributed by atoms with E-state index < -0.39 is 34.5 Å². The van der Waals surface area contributed by atoms with Crippen molar-refractivity contribution in [1.82, 2.24) is 0 Å². The van der Waals surface area contributed by atoms with Gasteiger partial charge in [0.1, 0.15) is 15.3 Å². The number of allylic oxidation sites excluding steroid dienone is 5. The van der Waals surface area contributed by atoms with Gasteiger partial charge in [0.05, 0.1) is 0 Å². The number of thiol groups is 2. The van der Waals surface area contributed by atoms with Crippen molar-refractivity contribution in [3.05, 3.63) is 44.3 Å². The van der Waals surface area contributed by atoms with E-state index in [0.29, 0.717) is 4.53 Å². The van der Waals surface area contributed by atoms with Crippen molar-refractivity contribution in [2.75, 3.05) is 0 Å². The monoisotopic (exact) mass is 412 g/mol. The fourth-order valence-corrected chi connectivity index (χ4v) is 4.78. The van der Waals surface area contributed by atoms with Gasteiger partial charge in [-0.25, -0.2) is 0 Å². The Kier molecular flexibility index (Phi) is 4.13. The first-order valence-electron chi connectivity index (χ1n) is 6.89. The predicted molar refractivity (Wildman–Crippen MR) is 88.0 cm³/mol. The maximum atomic E-state index is 14.5. The molecule has 0 bridgehead atoms. The molecular weight excluding hydrogens is 402 g/mol. The van der Waals surface area contributed by atoms with Crippen molar-refractivity contribution in [3.63, 3.8) is 0 Å². The maximum absolute atomic E-state index is 14.5. The minimum absolute atomic E-state index is 0.138. The molecule has 0 amide bonds. The van der Waals surface area contributed by atoms with E-state index in [9.17, 15) is 26.3 Å². The second kappa shape index (κ2) is 5.50. The smallest absolute Gasteiger partial charge is 0.380 e. The second-order valence-electron chi connectivity index (χ2n) is 5.72. The molecule has 0 spiro atoms. The highest BCUT2D eigenvalue weighted by Crippen LogP contribution is 2.64. The van der Waals surface area contributed by atoms with Gasteiger partial charge < -0.3 is 4.42 Å². The molecule has 3 rings (SSSR count). The summed E-state index contributed by atoms with van der Waals surface area (Å²) in [7, 11) is -0.138. The van der Waals surface area contributed by atoms with Crippen molar-refractivity contribution in [2.45, 2.75) is 36.7 Å². The van der Waals surface area contributed by atoms with Crippen LogP contribution in [0.2, 0.25) is 0 Å². The zero-order valence-electron chi connectivity index (χ0n) is 12.7. The molecule has 1 aliphatic heterocycles. The molecule has 2 radical (unpaired) electrons. The summed E-state index contributed by atoms with van der Waals surface area (Å²) in [6.07, 6.45) is 1.13. The van der Waals surface area contributed by atoms with Crippen LogP contribution in [0.3, 0.4) is 0 Å². The Morgan fingerprint density at radius 3 is 1.96 bits per heavy atom. The molecule has 2 heterocycles. The lowest BCUT2D eigenvalue weighted by Crippen LogP contribution is -2.49. The van der Waals surface area contributed by atoms with Gasteiger partial charge in [-0.2, -0.15) is 39.0 Å². The normalized spacial score (nSPS) is 24.3. The van der Waals surface area contributed by atoms with E-state index in [1.807, 2.05) is 0 Å². The highest BCUT2D eigenvalue weighted by Gasteiger charge is 2.80. The number of halogens is 6. The van der Waals surface area contributed by atoms with E-state index in [2.05, 4.69) is 25.3 Å². The summed E-state index contributed by atoms with van der Waals surface area (Å²) in [6.45, 7) is 2.65. The summed E-state index contributed by atoms with van der Waals surface area (Å²) in [5.74, 6) is -15.9. The Labute approximate surface area is 152 Å². The van der Waals surface area contributed by atoms with Crippen LogP contribution in [0.5, 0.6) is 0 Å². The third-order valence-electron chi connectivity index (χ3n) is 4.11. The average Bonchev–Trinajstić information content (AvgIpc) is 2.98. The van der Waals surface area contributed by atoms with Gasteiger partial charge in [0.2, 0.25) is 0 Å². The van der Waals surface area contributed by atoms with Gasteiger partial charge in [-0.15, -0.1) is 12.6 Å². The highest BCUT2D eigenvalue weighted by molar-refractivity contribution is 7.86. The molecular formula is C15H10F6OS2Si. The van der Waals surface area contributed by atoms with Gasteiger partial charge in [-0.05, 0) is 36.1 Å². The Balaban J connectivity index is 2.43. The molecule has 10 heteroatoms. The number of hydrogen-bond donors (Lipinski definition) is 2. The van der Waals surface area contributed by atoms with Crippen LogP contribution in [-0.2, 0) is 0 Å². The predicted octanol–water partition coefficient (Wildman–Crippen LogP) is 5.31. The Bertz CT molecular complexity index is 865. The fourth-order valence-electron chi connectivity index (χ4n) is 2.95. The van der Waals surface area contributed by atoms with E-state index in [4.69, 9.17) is 4.42 Å². The van der Waals surface area contributed by atoms with Crippen LogP contribution in [0.15, 0.2) is 42.5 Å². The summed E-state index contributed by atoms with van der Waals surface area (Å²) in [5, 5.41) is 0.149. The van der Waals surface area contributed by atoms with Gasteiger partial charge in [-0.1, -0.05) is 5.20 Å². The molecule has 1 aromatic heterocycles. The fraction of sp³-hybridized carbons (Fsp3) is 0.333. The van der Waals surface area contributed by atoms with E-state index in [0.717, 1.165) is 12.1 Å². The lowest BCUT2D eigenvalue weighted by molar-refractivity contribution is -0.259. The van der Waals surface area contributed by atoms with Crippen LogP contribution in [0.4, 0.5) is 26.3 Å². The lowest BCUT2D eigenvalue weighted by Gasteiger charge is -2.26. The van der Waals surface area contributed by atoms with E-state index in [1.165, 1.54) is 13.8 Å². The first-order chi connectivity index (χ1) is 11.3. The molecule has 0 unspecified atom stereocenters. The van der Waals surface area contributed by atoms with Crippen molar-refractivity contribution in [1.29, 1.82) is 0 Å². The number of hydrogen-bond acceptors (Lipinski definition) is 3. The molecule has 25 heavy (non-hydrogen) atoms. The minimum atomic E-state index is -5.57. The van der Waals surface area contributed by atoms with Gasteiger partial charge in [0.15, 0.2) is 5.09 Å². The van der Waals surface area contributed by atoms with Gasteiger partial charge in [-0.3, -0.25) is 0 Å².